The maximum absolute atomic E-state index is 11.7. The number of rotatable bonds is 7. The van der Waals surface area contributed by atoms with Crippen molar-refractivity contribution in [2.45, 2.75) is 23.1 Å². The monoisotopic (exact) mass is 472 g/mol. The molecule has 6 N–H and O–H groups in total. The molecule has 0 heterocycles. The molecule has 0 atom stereocenters. The molecule has 0 fully saturated rings. The molecule has 0 aliphatic carbocycles. The van der Waals surface area contributed by atoms with Crippen LogP contribution in [0, 0.1) is 17.3 Å². The molecule has 0 unspecified atom stereocenters. The Morgan fingerprint density at radius 3 is 2.59 bits per heavy atom. The maximum Gasteiger partial charge on any atom is 0.411 e. The number of anilines is 2. The number of nitrogen functional groups attached to an aromatic ring is 1. The number of amides is 2. The summed E-state index contributed by atoms with van der Waals surface area (Å²) in [4.78, 5) is 24.9. The lowest BCUT2D eigenvalue weighted by Gasteiger charge is -2.09. The summed E-state index contributed by atoms with van der Waals surface area (Å²) in [5.74, 6) is 5.23. The van der Waals surface area contributed by atoms with E-state index in [4.69, 9.17) is 21.6 Å². The lowest BCUT2D eigenvalue weighted by atomic mass is 10.1. The van der Waals surface area contributed by atoms with Crippen LogP contribution in [0.2, 0.25) is 0 Å². The number of carbonyl (C=O) groups excluding carboxylic acids is 2. The third-order valence-electron chi connectivity index (χ3n) is 4.55. The first-order valence-corrected chi connectivity index (χ1v) is 11.3. The predicted molar refractivity (Wildman–Crippen MR) is 135 cm³/mol. The van der Waals surface area contributed by atoms with Crippen LogP contribution in [-0.2, 0) is 4.74 Å². The van der Waals surface area contributed by atoms with Crippen LogP contribution in [0.4, 0.5) is 16.2 Å². The average Bonchev–Trinajstić information content (AvgIpc) is 2.82. The van der Waals surface area contributed by atoms with Crippen molar-refractivity contribution in [2.75, 3.05) is 17.7 Å². The van der Waals surface area contributed by atoms with Gasteiger partial charge in [-0.15, -0.1) is 0 Å². The van der Waals surface area contributed by atoms with E-state index < -0.39 is 12.0 Å². The van der Waals surface area contributed by atoms with Gasteiger partial charge in [-0.25, -0.2) is 4.79 Å². The number of hydrogen-bond acceptors (Lipinski definition) is 6. The number of ether oxygens (including phenoxy) is 1. The van der Waals surface area contributed by atoms with Crippen molar-refractivity contribution in [1.82, 2.24) is 0 Å². The molecule has 0 saturated heterocycles. The summed E-state index contributed by atoms with van der Waals surface area (Å²) >= 11 is 1.37. The van der Waals surface area contributed by atoms with Crippen molar-refractivity contribution in [3.63, 3.8) is 0 Å². The maximum atomic E-state index is 11.7. The first-order chi connectivity index (χ1) is 16.4. The Morgan fingerprint density at radius 2 is 1.85 bits per heavy atom. The summed E-state index contributed by atoms with van der Waals surface area (Å²) in [6.45, 7) is 2.26. The zero-order chi connectivity index (χ0) is 24.5. The van der Waals surface area contributed by atoms with Gasteiger partial charge < -0.3 is 16.2 Å². The third kappa shape index (κ3) is 6.64. The molecule has 3 aromatic carbocycles. The quantitative estimate of drug-likeness (QED) is 0.221. The van der Waals surface area contributed by atoms with Crippen LogP contribution >= 0.6 is 11.8 Å². The summed E-state index contributed by atoms with van der Waals surface area (Å²) in [6.07, 6.45) is 0.216. The van der Waals surface area contributed by atoms with E-state index >= 15 is 0 Å². The van der Waals surface area contributed by atoms with Crippen LogP contribution < -0.4 is 16.8 Å². The smallest absolute Gasteiger partial charge is 0.411 e. The van der Waals surface area contributed by atoms with Crippen molar-refractivity contribution < 1.29 is 14.3 Å². The van der Waals surface area contributed by atoms with Gasteiger partial charge in [-0.05, 0) is 60.9 Å². The van der Waals surface area contributed by atoms with Crippen molar-refractivity contribution in [2.24, 2.45) is 5.73 Å². The van der Waals surface area contributed by atoms with Gasteiger partial charge in [0.05, 0.1) is 12.2 Å². The molecule has 0 aliphatic rings. The molecule has 0 saturated carbocycles. The fourth-order valence-electron chi connectivity index (χ4n) is 2.94. The minimum absolute atomic E-state index is 0.0623. The summed E-state index contributed by atoms with van der Waals surface area (Å²) in [5.41, 5.74) is 14.2. The van der Waals surface area contributed by atoms with E-state index in [-0.39, 0.29) is 5.71 Å². The fourth-order valence-corrected chi connectivity index (χ4v) is 3.94. The Kier molecular flexibility index (Phi) is 8.32. The van der Waals surface area contributed by atoms with Gasteiger partial charge in [-0.1, -0.05) is 42.8 Å². The minimum atomic E-state index is -0.524. The first kappa shape index (κ1) is 24.4. The van der Waals surface area contributed by atoms with Gasteiger partial charge in [0.1, 0.15) is 5.71 Å². The van der Waals surface area contributed by atoms with E-state index in [1.54, 1.807) is 48.5 Å². The first-order valence-electron chi connectivity index (χ1n) is 10.5. The third-order valence-corrected chi connectivity index (χ3v) is 5.62. The zero-order valence-corrected chi connectivity index (χ0v) is 19.4. The number of hydrogen-bond donors (Lipinski definition) is 4. The van der Waals surface area contributed by atoms with Crippen LogP contribution in [0.3, 0.4) is 0 Å². The highest BCUT2D eigenvalue weighted by molar-refractivity contribution is 7.99. The highest BCUT2D eigenvalue weighted by Gasteiger charge is 2.11. The standard InChI is InChI=1S/C26H24N4O3S/c1-2-14-33-26(32)30-18-7-5-6-17(15-18)10-13-22(27)20-12-11-19(16-23(20)28)34-24-9-4-3-8-21(24)25(29)31/h3-9,11-12,15-16,27H,2,14,28H2,1H3,(H2,29,31)(H,30,32). The lowest BCUT2D eigenvalue weighted by Crippen LogP contribution is -2.14. The Balaban J connectivity index is 1.72. The molecule has 3 rings (SSSR count). The highest BCUT2D eigenvalue weighted by Crippen LogP contribution is 2.32. The second kappa shape index (κ2) is 11.6. The number of benzene rings is 3. The van der Waals surface area contributed by atoms with Crippen LogP contribution in [0.5, 0.6) is 0 Å². The Hall–Kier alpha value is -4.22. The number of nitrogens with two attached hydrogens (primary N) is 2. The van der Waals surface area contributed by atoms with Gasteiger partial charge in [-0.2, -0.15) is 0 Å². The van der Waals surface area contributed by atoms with Gasteiger partial charge in [0.2, 0.25) is 5.91 Å². The zero-order valence-electron chi connectivity index (χ0n) is 18.6. The summed E-state index contributed by atoms with van der Waals surface area (Å²) in [5, 5.41) is 11.0. The Labute approximate surface area is 202 Å². The SMILES string of the molecule is CCCOC(=O)Nc1cccc(C#CC(=N)c2ccc(Sc3ccccc3C(N)=O)cc2N)c1. The van der Waals surface area contributed by atoms with Gasteiger partial charge in [0.25, 0.3) is 0 Å². The molecule has 0 spiro atoms. The molecule has 0 radical (unpaired) electrons. The molecule has 172 valence electrons. The molecule has 0 aromatic heterocycles. The van der Waals surface area contributed by atoms with E-state index in [0.717, 1.165) is 16.2 Å². The van der Waals surface area contributed by atoms with Crippen molar-refractivity contribution >= 4 is 40.8 Å². The van der Waals surface area contributed by atoms with E-state index in [1.807, 2.05) is 25.1 Å². The van der Waals surface area contributed by atoms with Crippen LogP contribution in [-0.4, -0.2) is 24.3 Å². The van der Waals surface area contributed by atoms with Crippen molar-refractivity contribution in [3.8, 4) is 11.8 Å². The van der Waals surface area contributed by atoms with Crippen molar-refractivity contribution in [1.29, 1.82) is 5.41 Å². The number of nitrogens with one attached hydrogen (secondary N) is 2. The molecule has 7 nitrogen and oxygen atoms in total. The van der Waals surface area contributed by atoms with E-state index in [1.165, 1.54) is 11.8 Å². The van der Waals surface area contributed by atoms with Crippen molar-refractivity contribution in [3.05, 3.63) is 83.4 Å². The second-order valence-electron chi connectivity index (χ2n) is 7.18. The average molecular weight is 473 g/mol. The molecule has 3 aromatic rings. The summed E-state index contributed by atoms with van der Waals surface area (Å²) in [6, 6.07) is 19.3. The highest BCUT2D eigenvalue weighted by atomic mass is 32.2. The molecule has 34 heavy (non-hydrogen) atoms. The van der Waals surface area contributed by atoms with Crippen LogP contribution in [0.25, 0.3) is 0 Å². The molecular formula is C26H24N4O3S. The topological polar surface area (TPSA) is 131 Å². The van der Waals surface area contributed by atoms with E-state index in [0.29, 0.717) is 34.7 Å². The second-order valence-corrected chi connectivity index (χ2v) is 8.29. The van der Waals surface area contributed by atoms with Gasteiger partial charge in [0, 0.05) is 32.3 Å². The van der Waals surface area contributed by atoms with Crippen LogP contribution in [0.15, 0.2) is 76.5 Å². The van der Waals surface area contributed by atoms with Crippen LogP contribution in [0.1, 0.15) is 34.8 Å². The molecule has 0 bridgehead atoms. The van der Waals surface area contributed by atoms with Gasteiger partial charge >= 0.3 is 6.09 Å². The Morgan fingerprint density at radius 1 is 1.06 bits per heavy atom. The fraction of sp³-hybridized carbons (Fsp3) is 0.115. The molecule has 8 heteroatoms. The largest absolute Gasteiger partial charge is 0.449 e. The minimum Gasteiger partial charge on any atom is -0.449 e. The normalized spacial score (nSPS) is 10.0. The summed E-state index contributed by atoms with van der Waals surface area (Å²) in [7, 11) is 0. The predicted octanol–water partition coefficient (Wildman–Crippen LogP) is 4.90. The number of carbonyl (C=O) groups is 2. The number of primary amides is 1. The molecule has 2 amide bonds. The molecular weight excluding hydrogens is 448 g/mol. The molecule has 0 aliphatic heterocycles. The lowest BCUT2D eigenvalue weighted by molar-refractivity contribution is 0.0997. The van der Waals surface area contributed by atoms with Gasteiger partial charge in [-0.3, -0.25) is 15.5 Å². The van der Waals surface area contributed by atoms with Gasteiger partial charge in [0.15, 0.2) is 0 Å². The van der Waals surface area contributed by atoms with E-state index in [2.05, 4.69) is 17.2 Å². The van der Waals surface area contributed by atoms with E-state index in [9.17, 15) is 9.59 Å². The Bertz CT molecular complexity index is 1290. The summed E-state index contributed by atoms with van der Waals surface area (Å²) < 4.78 is 5.01.